The summed E-state index contributed by atoms with van der Waals surface area (Å²) in [5.41, 5.74) is 4.17. The third-order valence-electron chi connectivity index (χ3n) is 2.87. The highest BCUT2D eigenvalue weighted by Gasteiger charge is 2.32. The van der Waals surface area contributed by atoms with Crippen LogP contribution in [0.25, 0.3) is 0 Å². The van der Waals surface area contributed by atoms with E-state index in [2.05, 4.69) is 25.0 Å². The first-order chi connectivity index (χ1) is 13.5. The molecule has 29 heavy (non-hydrogen) atoms. The van der Waals surface area contributed by atoms with E-state index in [0.29, 0.717) is 5.56 Å². The number of esters is 1. The van der Waals surface area contributed by atoms with Crippen LogP contribution in [0.5, 0.6) is 0 Å². The maximum absolute atomic E-state index is 12.4. The van der Waals surface area contributed by atoms with Crippen molar-refractivity contribution in [3.8, 4) is 0 Å². The fraction of sp³-hybridized carbons (Fsp3) is 0.471. The molecule has 0 bridgehead atoms. The number of hydrogen-bond acceptors (Lipinski definition) is 6. The van der Waals surface area contributed by atoms with Crippen LogP contribution in [0, 0.1) is 0 Å². The zero-order valence-corrected chi connectivity index (χ0v) is 16.4. The number of alkyl carbamates (subject to hydrolysis) is 1. The van der Waals surface area contributed by atoms with Gasteiger partial charge in [-0.15, -0.1) is 0 Å². The third-order valence-corrected chi connectivity index (χ3v) is 2.87. The van der Waals surface area contributed by atoms with Gasteiger partial charge in [0.2, 0.25) is 0 Å². The van der Waals surface area contributed by atoms with E-state index >= 15 is 0 Å². The highest BCUT2D eigenvalue weighted by Crippen LogP contribution is 2.27. The number of carbonyl (C=O) groups is 2. The van der Waals surface area contributed by atoms with Crippen molar-refractivity contribution in [3.63, 3.8) is 0 Å². The Hall–Kier alpha value is -3.18. The smallest absolute Gasteiger partial charge is 0.433 e. The Morgan fingerprint density at radius 1 is 1.31 bits per heavy atom. The predicted molar refractivity (Wildman–Crippen MR) is 100 cm³/mol. The van der Waals surface area contributed by atoms with Gasteiger partial charge in [-0.25, -0.2) is 14.6 Å². The molecule has 0 spiro atoms. The van der Waals surface area contributed by atoms with Crippen LogP contribution >= 0.6 is 0 Å². The number of alkyl halides is 3. The van der Waals surface area contributed by atoms with Crippen molar-refractivity contribution in [2.75, 3.05) is 13.7 Å². The Morgan fingerprint density at radius 2 is 1.97 bits per heavy atom. The molecule has 0 aliphatic carbocycles. The lowest BCUT2D eigenvalue weighted by molar-refractivity contribution is -0.150. The lowest BCUT2D eigenvalue weighted by Crippen LogP contribution is -2.30. The molecule has 3 N–H and O–H groups in total. The summed E-state index contributed by atoms with van der Waals surface area (Å²) in [5.74, 6) is -0.695. The number of aromatic nitrogens is 1. The second kappa shape index (κ2) is 13.1. The minimum atomic E-state index is -4.52. The molecule has 1 aromatic rings. The number of pyridine rings is 1. The summed E-state index contributed by atoms with van der Waals surface area (Å²) in [7, 11) is 1.63. The number of nitrogens with two attached hydrogens (primary N) is 1. The summed E-state index contributed by atoms with van der Waals surface area (Å²) in [6, 6.07) is 1.38. The molecular weight excluding hydrogens is 395 g/mol. The molecular formula is C17H24F3N5O4. The Labute approximate surface area is 166 Å². The first-order valence-electron chi connectivity index (χ1n) is 8.31. The molecule has 0 unspecified atom stereocenters. The van der Waals surface area contributed by atoms with Gasteiger partial charge < -0.3 is 20.5 Å². The van der Waals surface area contributed by atoms with E-state index in [0.717, 1.165) is 12.3 Å². The fourth-order valence-corrected chi connectivity index (χ4v) is 1.66. The summed E-state index contributed by atoms with van der Waals surface area (Å²) < 4.78 is 46.6. The normalized spacial score (nSPS) is 12.4. The number of carbonyl (C=O) groups excluding carboxylic acids is 2. The van der Waals surface area contributed by atoms with Crippen molar-refractivity contribution in [1.29, 1.82) is 0 Å². The number of nitrogens with one attached hydrogen (secondary N) is 1. The van der Waals surface area contributed by atoms with Crippen LogP contribution in [-0.4, -0.2) is 49.5 Å². The van der Waals surface area contributed by atoms with E-state index in [4.69, 9.17) is 10.5 Å². The Bertz CT molecular complexity index is 681. The molecule has 0 aliphatic rings. The molecule has 162 valence electrons. The van der Waals surface area contributed by atoms with Gasteiger partial charge in [0, 0.05) is 13.2 Å². The number of amides is 1. The van der Waals surface area contributed by atoms with Gasteiger partial charge in [0.1, 0.15) is 12.0 Å². The number of ether oxygens (including phenoxy) is 2. The lowest BCUT2D eigenvalue weighted by atomic mass is 10.1. The van der Waals surface area contributed by atoms with Gasteiger partial charge in [-0.05, 0) is 32.4 Å². The molecule has 0 saturated carbocycles. The molecule has 12 heteroatoms. The zero-order chi connectivity index (χ0) is 22.4. The van der Waals surface area contributed by atoms with Crippen LogP contribution < -0.4 is 11.1 Å². The Morgan fingerprint density at radius 3 is 2.38 bits per heavy atom. The van der Waals surface area contributed by atoms with E-state index in [1.165, 1.54) is 25.7 Å². The van der Waals surface area contributed by atoms with Gasteiger partial charge in [0.05, 0.1) is 18.5 Å². The number of nitrogens with zero attached hydrogens (tertiary/aromatic N) is 3. The van der Waals surface area contributed by atoms with Crippen molar-refractivity contribution in [2.45, 2.75) is 39.1 Å². The average molecular weight is 419 g/mol. The quantitative estimate of drug-likeness (QED) is 0.414. The van der Waals surface area contributed by atoms with Gasteiger partial charge in [0.25, 0.3) is 0 Å². The monoisotopic (exact) mass is 419 g/mol. The van der Waals surface area contributed by atoms with Crippen molar-refractivity contribution in [2.24, 2.45) is 15.7 Å². The lowest BCUT2D eigenvalue weighted by Gasteiger charge is -2.15. The van der Waals surface area contributed by atoms with Crippen molar-refractivity contribution in [1.82, 2.24) is 10.3 Å². The van der Waals surface area contributed by atoms with Crippen molar-refractivity contribution in [3.05, 3.63) is 29.6 Å². The molecule has 1 rings (SSSR count). The van der Waals surface area contributed by atoms with Gasteiger partial charge in [-0.3, -0.25) is 9.98 Å². The zero-order valence-electron chi connectivity index (χ0n) is 16.4. The number of aliphatic imine (C=N–C) groups is 2. The summed E-state index contributed by atoms with van der Waals surface area (Å²) in [5, 5.41) is 2.37. The first kappa shape index (κ1) is 25.8. The maximum Gasteiger partial charge on any atom is 0.433 e. The topological polar surface area (TPSA) is 128 Å². The first-order valence-corrected chi connectivity index (χ1v) is 8.31. The van der Waals surface area contributed by atoms with Gasteiger partial charge in [-0.2, -0.15) is 13.2 Å². The van der Waals surface area contributed by atoms with Gasteiger partial charge >= 0.3 is 18.2 Å². The molecule has 1 atom stereocenters. The molecule has 0 aliphatic heterocycles. The van der Waals surface area contributed by atoms with Crippen LogP contribution in [0.15, 0.2) is 28.3 Å². The molecule has 0 fully saturated rings. The highest BCUT2D eigenvalue weighted by molar-refractivity contribution is 5.75. The molecule has 1 heterocycles. The number of rotatable bonds is 6. The highest BCUT2D eigenvalue weighted by atomic mass is 19.4. The molecule has 0 radical (unpaired) electrons. The summed E-state index contributed by atoms with van der Waals surface area (Å²) in [6.07, 6.45) is -2.16. The van der Waals surface area contributed by atoms with Crippen molar-refractivity contribution < 1.29 is 32.2 Å². The molecule has 1 aromatic heterocycles. The summed E-state index contributed by atoms with van der Waals surface area (Å²) in [6.45, 7) is 4.29. The van der Waals surface area contributed by atoms with E-state index in [9.17, 15) is 22.8 Å². The average Bonchev–Trinajstić information content (AvgIpc) is 2.64. The minimum absolute atomic E-state index is 0.327. The summed E-state index contributed by atoms with van der Waals surface area (Å²) in [4.78, 5) is 33.0. The van der Waals surface area contributed by atoms with Crippen LogP contribution in [0.1, 0.15) is 38.1 Å². The number of halogens is 3. The second-order valence-corrected chi connectivity index (χ2v) is 5.63. The number of hydrogen-bond donors (Lipinski definition) is 2. The fourth-order valence-electron chi connectivity index (χ4n) is 1.66. The van der Waals surface area contributed by atoms with E-state index in [1.54, 1.807) is 20.9 Å². The predicted octanol–water partition coefficient (Wildman–Crippen LogP) is 2.47. The summed E-state index contributed by atoms with van der Waals surface area (Å²) >= 11 is 0. The maximum atomic E-state index is 12.4. The van der Waals surface area contributed by atoms with E-state index < -0.39 is 36.6 Å². The molecule has 0 saturated heterocycles. The van der Waals surface area contributed by atoms with Crippen LogP contribution in [0.2, 0.25) is 0 Å². The minimum Gasteiger partial charge on any atom is -0.460 e. The second-order valence-electron chi connectivity index (χ2n) is 5.63. The van der Waals surface area contributed by atoms with Crippen LogP contribution in [-0.2, 0) is 20.4 Å². The van der Waals surface area contributed by atoms with Crippen LogP contribution in [0.3, 0.4) is 0 Å². The molecule has 9 nitrogen and oxygen atoms in total. The van der Waals surface area contributed by atoms with Crippen molar-refractivity contribution >= 4 is 24.7 Å². The van der Waals surface area contributed by atoms with Crippen LogP contribution in [0.4, 0.5) is 18.0 Å². The Balaban J connectivity index is 0.00000113. The third kappa shape index (κ3) is 12.0. The largest absolute Gasteiger partial charge is 0.460 e. The van der Waals surface area contributed by atoms with E-state index in [-0.39, 0.29) is 6.10 Å². The van der Waals surface area contributed by atoms with E-state index in [1.807, 2.05) is 0 Å². The van der Waals surface area contributed by atoms with Gasteiger partial charge in [-0.1, -0.05) is 6.07 Å². The molecule has 1 amide bonds. The standard InChI is InChI=1S/C14H17F3N2O4.C3H7N3/c1-8(2)23-12(20)7-22-13(21)19-9(3)10-4-5-11(18-6-10)14(15,16)17;1-5-3-6-2-4/h4-6,8-9H,7H2,1-3H3,(H,19,21);2-3H,1H3,(H2,4,5,6)/t9-;/m0./s1. The Kier molecular flexibility index (Phi) is 11.6. The SMILES string of the molecule is CC(C)OC(=O)COC(=O)N[C@@H](C)c1ccc(C(F)(F)F)nc1.CN=CN=CN. The van der Waals surface area contributed by atoms with Gasteiger partial charge in [0.15, 0.2) is 6.61 Å². The molecule has 0 aromatic carbocycles.